The lowest BCUT2D eigenvalue weighted by molar-refractivity contribution is 0.145. The topological polar surface area (TPSA) is 112 Å². The fraction of sp³-hybridized carbons (Fsp3) is 0.222. The van der Waals surface area contributed by atoms with Gasteiger partial charge in [-0.05, 0) is 55.9 Å². The molecule has 0 atom stereocenters. The first-order valence-electron chi connectivity index (χ1n) is 16.1. The lowest BCUT2D eigenvalue weighted by Gasteiger charge is -2.32. The summed E-state index contributed by atoms with van der Waals surface area (Å²) in [4.78, 5) is 32.6. The van der Waals surface area contributed by atoms with E-state index >= 15 is 0 Å². The van der Waals surface area contributed by atoms with E-state index < -0.39 is 11.8 Å². The van der Waals surface area contributed by atoms with Crippen molar-refractivity contribution in [1.82, 2.24) is 29.2 Å². The van der Waals surface area contributed by atoms with Crippen molar-refractivity contribution in [3.8, 4) is 28.4 Å². The van der Waals surface area contributed by atoms with E-state index in [1.54, 1.807) is 24.4 Å². The van der Waals surface area contributed by atoms with Gasteiger partial charge >= 0.3 is 6.03 Å². The number of aromatic nitrogens is 4. The maximum absolute atomic E-state index is 14.1. The summed E-state index contributed by atoms with van der Waals surface area (Å²) in [5.74, 6) is 0.704. The van der Waals surface area contributed by atoms with Gasteiger partial charge < -0.3 is 30.5 Å². The summed E-state index contributed by atoms with van der Waals surface area (Å²) in [6.07, 6.45) is 4.64. The maximum Gasteiger partial charge on any atom is 0.323 e. The van der Waals surface area contributed by atoms with Crippen LogP contribution in [0.1, 0.15) is 6.42 Å². The molecule has 0 saturated carbocycles. The van der Waals surface area contributed by atoms with E-state index in [-0.39, 0.29) is 5.69 Å². The molecular formula is C36H36FN9O2S. The van der Waals surface area contributed by atoms with Crippen molar-refractivity contribution in [1.29, 1.82) is 0 Å². The second kappa shape index (κ2) is 14.8. The molecule has 250 valence electrons. The minimum absolute atomic E-state index is 0.0944. The molecular weight excluding hydrogens is 642 g/mol. The number of rotatable bonds is 11. The second-order valence-electron chi connectivity index (χ2n) is 11.8. The van der Waals surface area contributed by atoms with Crippen LogP contribution in [0.2, 0.25) is 0 Å². The van der Waals surface area contributed by atoms with Crippen molar-refractivity contribution >= 4 is 45.3 Å². The summed E-state index contributed by atoms with van der Waals surface area (Å²) in [6.45, 7) is 6.12. The van der Waals surface area contributed by atoms with Crippen molar-refractivity contribution in [2.75, 3.05) is 62.3 Å². The van der Waals surface area contributed by atoms with Gasteiger partial charge in [0.1, 0.15) is 17.3 Å². The van der Waals surface area contributed by atoms with Gasteiger partial charge in [0.15, 0.2) is 4.96 Å². The van der Waals surface area contributed by atoms with E-state index in [0.29, 0.717) is 29.6 Å². The third-order valence-corrected chi connectivity index (χ3v) is 9.01. The number of anilines is 4. The van der Waals surface area contributed by atoms with E-state index in [1.807, 2.05) is 64.5 Å². The number of nitrogens with one attached hydrogen (secondary N) is 3. The molecule has 0 spiro atoms. The summed E-state index contributed by atoms with van der Waals surface area (Å²) in [5.41, 5.74) is 4.37. The summed E-state index contributed by atoms with van der Waals surface area (Å²) in [5, 5.41) is 10.6. The molecule has 1 fully saturated rings. The van der Waals surface area contributed by atoms with Crippen molar-refractivity contribution in [2.24, 2.45) is 0 Å². The Morgan fingerprint density at radius 1 is 0.939 bits per heavy atom. The number of hydrogen-bond donors (Lipinski definition) is 3. The van der Waals surface area contributed by atoms with Gasteiger partial charge in [0.05, 0.1) is 23.7 Å². The molecule has 49 heavy (non-hydrogen) atoms. The number of thiazole rings is 1. The van der Waals surface area contributed by atoms with Crippen molar-refractivity contribution in [2.45, 2.75) is 6.42 Å². The number of piperazine rings is 1. The first-order chi connectivity index (χ1) is 24.0. The molecule has 3 aromatic carbocycles. The van der Waals surface area contributed by atoms with Gasteiger partial charge in [-0.2, -0.15) is 0 Å². The molecule has 3 N–H and O–H groups in total. The zero-order valence-electron chi connectivity index (χ0n) is 27.0. The molecule has 13 heteroatoms. The number of nitrogens with zero attached hydrogens (tertiary/aromatic N) is 6. The van der Waals surface area contributed by atoms with E-state index in [0.717, 1.165) is 66.8 Å². The molecule has 4 heterocycles. The Labute approximate surface area is 287 Å². The Bertz CT molecular complexity index is 2060. The highest BCUT2D eigenvalue weighted by atomic mass is 32.1. The predicted octanol–water partition coefficient (Wildman–Crippen LogP) is 7.06. The predicted molar refractivity (Wildman–Crippen MR) is 192 cm³/mol. The van der Waals surface area contributed by atoms with E-state index in [4.69, 9.17) is 14.7 Å². The number of carbonyl (C=O) groups is 1. The molecule has 3 aromatic heterocycles. The first-order valence-corrected chi connectivity index (χ1v) is 17.0. The molecule has 1 saturated heterocycles. The van der Waals surface area contributed by atoms with Crippen LogP contribution < -0.4 is 20.7 Å². The highest BCUT2D eigenvalue weighted by molar-refractivity contribution is 7.15. The van der Waals surface area contributed by atoms with E-state index in [1.165, 1.54) is 23.5 Å². The summed E-state index contributed by atoms with van der Waals surface area (Å²) >= 11 is 1.51. The molecule has 1 aliphatic heterocycles. The monoisotopic (exact) mass is 677 g/mol. The largest absolute Gasteiger partial charge is 0.493 e. The van der Waals surface area contributed by atoms with Crippen LogP contribution in [0.3, 0.4) is 0 Å². The van der Waals surface area contributed by atoms with Crippen LogP contribution in [-0.4, -0.2) is 81.6 Å². The minimum Gasteiger partial charge on any atom is -0.493 e. The highest BCUT2D eigenvalue weighted by Crippen LogP contribution is 2.35. The Morgan fingerprint density at radius 2 is 1.78 bits per heavy atom. The third-order valence-electron chi connectivity index (χ3n) is 8.25. The normalized spacial score (nSPS) is 13.8. The Balaban J connectivity index is 1.05. The van der Waals surface area contributed by atoms with Gasteiger partial charge in [0.25, 0.3) is 0 Å². The van der Waals surface area contributed by atoms with Crippen LogP contribution in [0, 0.1) is 5.82 Å². The van der Waals surface area contributed by atoms with Crippen LogP contribution in [0.4, 0.5) is 32.2 Å². The van der Waals surface area contributed by atoms with Gasteiger partial charge in [-0.1, -0.05) is 30.3 Å². The van der Waals surface area contributed by atoms with Crippen LogP contribution >= 0.6 is 11.3 Å². The van der Waals surface area contributed by atoms with Crippen molar-refractivity contribution < 1.29 is 13.9 Å². The first kappa shape index (κ1) is 32.2. The summed E-state index contributed by atoms with van der Waals surface area (Å²) in [6, 6.07) is 22.5. The van der Waals surface area contributed by atoms with Gasteiger partial charge in [-0.15, -0.1) is 11.3 Å². The number of urea groups is 1. The van der Waals surface area contributed by atoms with Crippen LogP contribution in [0.15, 0.2) is 96.6 Å². The SMILES string of the molecule is CN1CCN(CCCOc2cccc(Nc3nccc(-c4c(-c5cccc(NC(=O)Nc6ccccc6F)c5)nc5sccn45)n3)c2)CC1. The van der Waals surface area contributed by atoms with Gasteiger partial charge in [0.2, 0.25) is 5.95 Å². The number of halogens is 1. The Hall–Kier alpha value is -5.37. The van der Waals surface area contributed by atoms with E-state index in [9.17, 15) is 9.18 Å². The average Bonchev–Trinajstić information content (AvgIpc) is 3.71. The highest BCUT2D eigenvalue weighted by Gasteiger charge is 2.19. The van der Waals surface area contributed by atoms with Crippen LogP contribution in [0.25, 0.3) is 27.6 Å². The second-order valence-corrected chi connectivity index (χ2v) is 12.6. The molecule has 7 rings (SSSR count). The average molecular weight is 678 g/mol. The molecule has 0 radical (unpaired) electrons. The number of fused-ring (bicyclic) bond motifs is 1. The van der Waals surface area contributed by atoms with Gasteiger partial charge in [-0.25, -0.2) is 24.1 Å². The van der Waals surface area contributed by atoms with Gasteiger partial charge in [0, 0.05) is 73.5 Å². The third kappa shape index (κ3) is 7.86. The fourth-order valence-electron chi connectivity index (χ4n) is 5.72. The number of likely N-dealkylation sites (N-methyl/N-ethyl adjacent to an activating group) is 1. The molecule has 0 unspecified atom stereocenters. The number of benzene rings is 3. The van der Waals surface area contributed by atoms with Crippen LogP contribution in [-0.2, 0) is 0 Å². The quantitative estimate of drug-likeness (QED) is 0.125. The fourth-order valence-corrected chi connectivity index (χ4v) is 6.43. The maximum atomic E-state index is 14.1. The number of amides is 2. The Morgan fingerprint density at radius 3 is 2.65 bits per heavy atom. The zero-order valence-corrected chi connectivity index (χ0v) is 27.8. The summed E-state index contributed by atoms with van der Waals surface area (Å²) < 4.78 is 22.1. The van der Waals surface area contributed by atoms with Crippen LogP contribution in [0.5, 0.6) is 5.75 Å². The molecule has 0 aliphatic carbocycles. The van der Waals surface area contributed by atoms with Gasteiger partial charge in [-0.3, -0.25) is 4.40 Å². The molecule has 6 aromatic rings. The number of carbonyl (C=O) groups excluding carboxylic acids is 1. The molecule has 1 aliphatic rings. The van der Waals surface area contributed by atoms with E-state index in [2.05, 4.69) is 37.8 Å². The van der Waals surface area contributed by atoms with Crippen molar-refractivity contribution in [3.63, 3.8) is 0 Å². The zero-order chi connectivity index (χ0) is 33.6. The summed E-state index contributed by atoms with van der Waals surface area (Å²) in [7, 11) is 2.17. The molecule has 2 amide bonds. The Kier molecular flexibility index (Phi) is 9.73. The minimum atomic E-state index is -0.556. The molecule has 0 bridgehead atoms. The lowest BCUT2D eigenvalue weighted by atomic mass is 10.1. The molecule has 11 nitrogen and oxygen atoms in total. The standard InChI is InChI=1S/C36H36FN9O2S/c1-44-16-18-45(19-17-44)15-6-21-48-28-10-5-9-27(24-28)39-34-38-14-13-31(41-34)33-32(43-36-46(33)20-22-49-36)25-7-4-8-26(23-25)40-35(47)42-30-12-3-2-11-29(30)37/h2-5,7-14,20,22-24H,6,15-19,21H2,1H3,(H,38,39,41)(H2,40,42,47). The number of imidazole rings is 1. The smallest absolute Gasteiger partial charge is 0.323 e. The number of ether oxygens (including phenoxy) is 1. The number of hydrogen-bond acceptors (Lipinski definition) is 9. The van der Waals surface area contributed by atoms with Crippen molar-refractivity contribution in [3.05, 3.63) is 102 Å². The lowest BCUT2D eigenvalue weighted by Crippen LogP contribution is -2.44. The number of para-hydroxylation sites is 1.